The van der Waals surface area contributed by atoms with Gasteiger partial charge in [-0.25, -0.2) is 8.42 Å². The lowest BCUT2D eigenvalue weighted by molar-refractivity contribution is -0.117. The average Bonchev–Trinajstić information content (AvgIpc) is 3.19. The second-order valence-electron chi connectivity index (χ2n) is 8.54. The van der Waals surface area contributed by atoms with Crippen molar-refractivity contribution in [1.82, 2.24) is 0 Å². The number of methoxy groups -OCH3 is 1. The molecule has 0 saturated carbocycles. The summed E-state index contributed by atoms with van der Waals surface area (Å²) in [5.74, 6) is 0.542. The summed E-state index contributed by atoms with van der Waals surface area (Å²) in [5.41, 5.74) is 3.03. The zero-order valence-electron chi connectivity index (χ0n) is 20.4. The molecule has 0 aliphatic carbocycles. The molecule has 0 aromatic heterocycles. The maximum absolute atomic E-state index is 14.0. The number of hydrogen-bond acceptors (Lipinski definition) is 5. The first-order valence-corrected chi connectivity index (χ1v) is 13.0. The first kappa shape index (κ1) is 24.6. The molecule has 1 unspecified atom stereocenters. The van der Waals surface area contributed by atoms with Crippen molar-refractivity contribution in [3.05, 3.63) is 77.9 Å². The number of aryl methyl sites for hydroxylation is 1. The van der Waals surface area contributed by atoms with Crippen molar-refractivity contribution in [3.63, 3.8) is 0 Å². The van der Waals surface area contributed by atoms with E-state index in [1.54, 1.807) is 47.4 Å². The monoisotopic (exact) mass is 494 g/mol. The first-order valence-electron chi connectivity index (χ1n) is 11.6. The summed E-state index contributed by atoms with van der Waals surface area (Å²) in [5, 5.41) is 0. The lowest BCUT2D eigenvalue weighted by Gasteiger charge is -2.29. The highest BCUT2D eigenvalue weighted by molar-refractivity contribution is 7.93. The van der Waals surface area contributed by atoms with Crippen LogP contribution in [-0.2, 0) is 21.2 Å². The summed E-state index contributed by atoms with van der Waals surface area (Å²) in [6.45, 7) is 5.80. The van der Waals surface area contributed by atoms with Gasteiger partial charge in [0.25, 0.3) is 10.0 Å². The van der Waals surface area contributed by atoms with E-state index in [0.717, 1.165) is 27.5 Å². The average molecular weight is 495 g/mol. The zero-order chi connectivity index (χ0) is 25.2. The Morgan fingerprint density at radius 3 is 2.49 bits per heavy atom. The van der Waals surface area contributed by atoms with E-state index < -0.39 is 10.0 Å². The second kappa shape index (κ2) is 10.00. The van der Waals surface area contributed by atoms with Gasteiger partial charge in [0.1, 0.15) is 22.9 Å². The van der Waals surface area contributed by atoms with Gasteiger partial charge in [0.2, 0.25) is 5.91 Å². The Morgan fingerprint density at radius 2 is 1.80 bits per heavy atom. The molecule has 184 valence electrons. The number of carbonyl (C=O) groups is 1. The minimum absolute atomic E-state index is 0.0107. The number of benzene rings is 3. The van der Waals surface area contributed by atoms with Crippen molar-refractivity contribution in [1.29, 1.82) is 0 Å². The molecule has 0 spiro atoms. The molecule has 7 nitrogen and oxygen atoms in total. The van der Waals surface area contributed by atoms with E-state index in [2.05, 4.69) is 0 Å². The van der Waals surface area contributed by atoms with Crippen LogP contribution in [0.5, 0.6) is 11.5 Å². The fraction of sp³-hybridized carbons (Fsp3) is 0.296. The lowest BCUT2D eigenvalue weighted by Crippen LogP contribution is -2.45. The van der Waals surface area contributed by atoms with E-state index in [9.17, 15) is 13.2 Å². The van der Waals surface area contributed by atoms with Gasteiger partial charge < -0.3 is 14.4 Å². The number of sulfonamides is 1. The minimum atomic E-state index is -4.14. The number of nitrogens with zero attached hydrogens (tertiary/aromatic N) is 2. The molecule has 1 aliphatic rings. The Kier molecular flexibility index (Phi) is 7.03. The quantitative estimate of drug-likeness (QED) is 0.458. The van der Waals surface area contributed by atoms with Crippen LogP contribution in [0.1, 0.15) is 25.0 Å². The van der Waals surface area contributed by atoms with E-state index in [1.807, 2.05) is 45.0 Å². The number of carbonyl (C=O) groups excluding carboxylic acids is 1. The fourth-order valence-electron chi connectivity index (χ4n) is 4.44. The van der Waals surface area contributed by atoms with Crippen LogP contribution in [-0.4, -0.2) is 40.6 Å². The highest BCUT2D eigenvalue weighted by Crippen LogP contribution is 2.35. The third kappa shape index (κ3) is 4.84. The molecule has 0 N–H and O–H groups in total. The van der Waals surface area contributed by atoms with Gasteiger partial charge in [-0.1, -0.05) is 24.3 Å². The normalized spacial score (nSPS) is 15.0. The fourth-order valence-corrected chi connectivity index (χ4v) is 6.10. The van der Waals surface area contributed by atoms with Crippen molar-refractivity contribution in [2.75, 3.05) is 29.5 Å². The predicted molar refractivity (Wildman–Crippen MR) is 137 cm³/mol. The van der Waals surface area contributed by atoms with E-state index in [4.69, 9.17) is 9.47 Å². The van der Waals surface area contributed by atoms with Gasteiger partial charge in [0.15, 0.2) is 0 Å². The summed E-state index contributed by atoms with van der Waals surface area (Å²) in [4.78, 5) is 15.3. The summed E-state index contributed by atoms with van der Waals surface area (Å²) in [7, 11) is -2.71. The van der Waals surface area contributed by atoms with Crippen LogP contribution >= 0.6 is 0 Å². The molecule has 0 radical (unpaired) electrons. The molecule has 0 bridgehead atoms. The van der Waals surface area contributed by atoms with Crippen LogP contribution in [0.2, 0.25) is 0 Å². The molecule has 1 amide bonds. The zero-order valence-corrected chi connectivity index (χ0v) is 21.2. The van der Waals surface area contributed by atoms with Gasteiger partial charge in [-0.15, -0.1) is 0 Å². The maximum atomic E-state index is 14.0. The van der Waals surface area contributed by atoms with Crippen molar-refractivity contribution in [2.45, 2.75) is 38.1 Å². The number of rotatable bonds is 8. The number of fused-ring (bicyclic) bond motifs is 1. The van der Waals surface area contributed by atoms with Crippen LogP contribution in [0.3, 0.4) is 0 Å². The number of amides is 1. The molecule has 1 atom stereocenters. The second-order valence-corrected chi connectivity index (χ2v) is 10.4. The molecule has 1 heterocycles. The largest absolute Gasteiger partial charge is 0.495 e. The van der Waals surface area contributed by atoms with Crippen molar-refractivity contribution >= 4 is 27.3 Å². The molecule has 35 heavy (non-hydrogen) atoms. The van der Waals surface area contributed by atoms with Gasteiger partial charge in [0, 0.05) is 11.7 Å². The Labute approximate surface area is 206 Å². The maximum Gasteiger partial charge on any atom is 0.268 e. The Bertz CT molecular complexity index is 1320. The molecular weight excluding hydrogens is 464 g/mol. The van der Waals surface area contributed by atoms with Gasteiger partial charge in [-0.3, -0.25) is 9.10 Å². The summed E-state index contributed by atoms with van der Waals surface area (Å²) >= 11 is 0. The Balaban J connectivity index is 1.77. The SMILES string of the molecule is CCOc1ccc(N(CC(=O)N2c3ccccc3CC2C)S(=O)(=O)c2cc(C)ccc2OC)cc1. The molecule has 3 aromatic rings. The van der Waals surface area contributed by atoms with Crippen molar-refractivity contribution in [2.24, 2.45) is 0 Å². The van der Waals surface area contributed by atoms with Gasteiger partial charge >= 0.3 is 0 Å². The van der Waals surface area contributed by atoms with Crippen molar-refractivity contribution in [3.8, 4) is 11.5 Å². The molecule has 0 saturated heterocycles. The van der Waals surface area contributed by atoms with Crippen LogP contribution in [0.15, 0.2) is 71.6 Å². The lowest BCUT2D eigenvalue weighted by atomic mass is 10.1. The van der Waals surface area contributed by atoms with Gasteiger partial charge in [0.05, 0.1) is 19.4 Å². The van der Waals surface area contributed by atoms with Crippen LogP contribution in [0, 0.1) is 6.92 Å². The topological polar surface area (TPSA) is 76.2 Å². The summed E-state index contributed by atoms with van der Waals surface area (Å²) < 4.78 is 40.0. The summed E-state index contributed by atoms with van der Waals surface area (Å²) in [6.07, 6.45) is 0.726. The van der Waals surface area contributed by atoms with Crippen LogP contribution < -0.4 is 18.7 Å². The summed E-state index contributed by atoms with van der Waals surface area (Å²) in [6, 6.07) is 19.3. The highest BCUT2D eigenvalue weighted by Gasteiger charge is 2.35. The molecule has 8 heteroatoms. The Hall–Kier alpha value is -3.52. The van der Waals surface area contributed by atoms with Gasteiger partial charge in [-0.2, -0.15) is 0 Å². The highest BCUT2D eigenvalue weighted by atomic mass is 32.2. The van der Waals surface area contributed by atoms with Crippen molar-refractivity contribution < 1.29 is 22.7 Å². The third-order valence-corrected chi connectivity index (χ3v) is 7.87. The molecule has 3 aromatic carbocycles. The molecule has 4 rings (SSSR count). The van der Waals surface area contributed by atoms with E-state index >= 15 is 0 Å². The third-order valence-electron chi connectivity index (χ3n) is 6.08. The number of hydrogen-bond donors (Lipinski definition) is 0. The van der Waals surface area contributed by atoms with Crippen LogP contribution in [0.25, 0.3) is 0 Å². The Morgan fingerprint density at radius 1 is 1.09 bits per heavy atom. The smallest absolute Gasteiger partial charge is 0.268 e. The predicted octanol–water partition coefficient (Wildman–Crippen LogP) is 4.58. The van der Waals surface area contributed by atoms with Gasteiger partial charge in [-0.05, 0) is 80.8 Å². The standard InChI is InChI=1S/C27H30N2O5S/c1-5-34-23-13-11-22(12-14-23)28(35(31,32)26-16-19(2)10-15-25(26)33-4)18-27(30)29-20(3)17-21-8-6-7-9-24(21)29/h6-16,20H,5,17-18H2,1-4H3. The van der Waals surface area contributed by atoms with Crippen LogP contribution in [0.4, 0.5) is 11.4 Å². The first-order chi connectivity index (χ1) is 16.8. The number of para-hydroxylation sites is 1. The molecule has 0 fully saturated rings. The minimum Gasteiger partial charge on any atom is -0.495 e. The van der Waals surface area contributed by atoms with E-state index in [1.165, 1.54) is 7.11 Å². The number of ether oxygens (including phenoxy) is 2. The molecule has 1 aliphatic heterocycles. The van der Waals surface area contributed by atoms with E-state index in [-0.39, 0.29) is 29.1 Å². The number of anilines is 2. The molecular formula is C27H30N2O5S. The van der Waals surface area contributed by atoms with E-state index in [0.29, 0.717) is 18.0 Å².